The number of benzene rings is 1. The van der Waals surface area contributed by atoms with Crippen molar-refractivity contribution >= 4 is 21.6 Å². The summed E-state index contributed by atoms with van der Waals surface area (Å²) < 4.78 is 0.858. The molecule has 0 bridgehead atoms. The smallest absolute Gasteiger partial charge is 0.273 e. The van der Waals surface area contributed by atoms with Crippen molar-refractivity contribution in [2.75, 3.05) is 19.6 Å². The Balaban J connectivity index is 2.65. The lowest BCUT2D eigenvalue weighted by molar-refractivity contribution is -0.385. The van der Waals surface area contributed by atoms with Gasteiger partial charge in [-0.25, -0.2) is 0 Å². The Morgan fingerprint density at radius 1 is 1.40 bits per heavy atom. The summed E-state index contributed by atoms with van der Waals surface area (Å²) in [6.07, 6.45) is 0. The van der Waals surface area contributed by atoms with Gasteiger partial charge in [0.2, 0.25) is 0 Å². The third-order valence-electron chi connectivity index (χ3n) is 3.31. The van der Waals surface area contributed by atoms with Crippen LogP contribution >= 0.6 is 15.9 Å². The molecule has 0 aliphatic carbocycles. The minimum Gasteiger partial charge on any atom is -0.309 e. The second-order valence-electron chi connectivity index (χ2n) is 4.80. The van der Waals surface area contributed by atoms with E-state index in [2.05, 4.69) is 46.9 Å². The van der Waals surface area contributed by atoms with Gasteiger partial charge in [0.25, 0.3) is 5.69 Å². The maximum atomic E-state index is 11.0. The molecule has 112 valence electrons. The first kappa shape index (κ1) is 17.1. The predicted molar refractivity (Wildman–Crippen MR) is 84.9 cm³/mol. The van der Waals surface area contributed by atoms with Crippen LogP contribution in [0.2, 0.25) is 0 Å². The number of rotatable bonds is 8. The first-order chi connectivity index (χ1) is 9.47. The van der Waals surface area contributed by atoms with Crippen LogP contribution in [-0.4, -0.2) is 35.5 Å². The zero-order chi connectivity index (χ0) is 15.1. The van der Waals surface area contributed by atoms with Gasteiger partial charge in [-0.15, -0.1) is 0 Å². The highest BCUT2D eigenvalue weighted by molar-refractivity contribution is 9.10. The molecule has 1 aromatic carbocycles. The second-order valence-corrected chi connectivity index (χ2v) is 5.71. The van der Waals surface area contributed by atoms with Gasteiger partial charge in [-0.3, -0.25) is 10.1 Å². The summed E-state index contributed by atoms with van der Waals surface area (Å²) >= 11 is 3.36. The molecule has 20 heavy (non-hydrogen) atoms. The van der Waals surface area contributed by atoms with Crippen molar-refractivity contribution in [2.45, 2.75) is 33.4 Å². The molecule has 0 spiro atoms. The molecule has 0 fully saturated rings. The summed E-state index contributed by atoms with van der Waals surface area (Å²) in [5, 5.41) is 14.4. The molecule has 0 heterocycles. The van der Waals surface area contributed by atoms with Crippen LogP contribution in [-0.2, 0) is 6.54 Å². The maximum Gasteiger partial charge on any atom is 0.273 e. The highest BCUT2D eigenvalue weighted by Crippen LogP contribution is 2.22. The highest BCUT2D eigenvalue weighted by Gasteiger charge is 2.15. The Labute approximate surface area is 128 Å². The Morgan fingerprint density at radius 3 is 2.60 bits per heavy atom. The van der Waals surface area contributed by atoms with Crippen LogP contribution in [0.3, 0.4) is 0 Å². The van der Waals surface area contributed by atoms with Crippen molar-refractivity contribution in [2.24, 2.45) is 0 Å². The highest BCUT2D eigenvalue weighted by atomic mass is 79.9. The SMILES string of the molecule is CCN(CC)CC(C)NCc1cc(Br)ccc1[N+](=O)[O-]. The molecule has 1 rings (SSSR count). The fraction of sp³-hybridized carbons (Fsp3) is 0.571. The first-order valence-corrected chi connectivity index (χ1v) is 7.65. The molecule has 1 unspecified atom stereocenters. The van der Waals surface area contributed by atoms with Gasteiger partial charge in [0.1, 0.15) is 0 Å². The molecule has 6 heteroatoms. The van der Waals surface area contributed by atoms with Crippen molar-refractivity contribution in [3.8, 4) is 0 Å². The third kappa shape index (κ3) is 5.19. The van der Waals surface area contributed by atoms with Crippen LogP contribution in [0.1, 0.15) is 26.3 Å². The number of halogens is 1. The zero-order valence-electron chi connectivity index (χ0n) is 12.2. The molecule has 0 amide bonds. The van der Waals surface area contributed by atoms with Gasteiger partial charge >= 0.3 is 0 Å². The topological polar surface area (TPSA) is 58.4 Å². The molecule has 1 aromatic rings. The van der Waals surface area contributed by atoms with Gasteiger partial charge in [-0.1, -0.05) is 29.8 Å². The summed E-state index contributed by atoms with van der Waals surface area (Å²) in [6.45, 7) is 9.83. The molecule has 1 atom stereocenters. The van der Waals surface area contributed by atoms with Crippen LogP contribution in [0.4, 0.5) is 5.69 Å². The molecule has 0 radical (unpaired) electrons. The van der Waals surface area contributed by atoms with Crippen LogP contribution in [0, 0.1) is 10.1 Å². The van der Waals surface area contributed by atoms with E-state index in [9.17, 15) is 10.1 Å². The summed E-state index contributed by atoms with van der Waals surface area (Å²) in [4.78, 5) is 13.0. The van der Waals surface area contributed by atoms with Crippen molar-refractivity contribution in [1.82, 2.24) is 10.2 Å². The van der Waals surface area contributed by atoms with Gasteiger partial charge in [0.05, 0.1) is 4.92 Å². The van der Waals surface area contributed by atoms with Crippen molar-refractivity contribution in [3.63, 3.8) is 0 Å². The van der Waals surface area contributed by atoms with Gasteiger partial charge < -0.3 is 10.2 Å². The average Bonchev–Trinajstić information content (AvgIpc) is 2.42. The number of likely N-dealkylation sites (N-methyl/N-ethyl adjacent to an activating group) is 1. The quantitative estimate of drug-likeness (QED) is 0.581. The van der Waals surface area contributed by atoms with Gasteiger partial charge in [0, 0.05) is 35.2 Å². The molecule has 0 saturated heterocycles. The summed E-state index contributed by atoms with van der Waals surface area (Å²) in [7, 11) is 0. The van der Waals surface area contributed by atoms with E-state index in [0.29, 0.717) is 12.1 Å². The standard InChI is InChI=1S/C14H22BrN3O2/c1-4-17(5-2)10-11(3)16-9-12-8-13(15)6-7-14(12)18(19)20/h6-8,11,16H,4-5,9-10H2,1-3H3. The molecular weight excluding hydrogens is 322 g/mol. The van der Waals surface area contributed by atoms with Gasteiger partial charge in [-0.2, -0.15) is 0 Å². The summed E-state index contributed by atoms with van der Waals surface area (Å²) in [5.74, 6) is 0. The van der Waals surface area contributed by atoms with Gasteiger partial charge in [-0.05, 0) is 32.1 Å². The normalized spacial score (nSPS) is 12.7. The molecule has 1 N–H and O–H groups in total. The van der Waals surface area contributed by atoms with E-state index in [1.807, 2.05) is 0 Å². The minimum atomic E-state index is -0.335. The minimum absolute atomic E-state index is 0.163. The Bertz CT molecular complexity index is 450. The fourth-order valence-corrected chi connectivity index (χ4v) is 2.50. The maximum absolute atomic E-state index is 11.0. The fourth-order valence-electron chi connectivity index (χ4n) is 2.09. The Morgan fingerprint density at radius 2 is 2.05 bits per heavy atom. The lowest BCUT2D eigenvalue weighted by atomic mass is 10.1. The van der Waals surface area contributed by atoms with Crippen LogP contribution in [0.25, 0.3) is 0 Å². The monoisotopic (exact) mass is 343 g/mol. The predicted octanol–water partition coefficient (Wildman–Crippen LogP) is 3.18. The number of hydrogen-bond donors (Lipinski definition) is 1. The number of nitrogens with one attached hydrogen (secondary N) is 1. The molecular formula is C14H22BrN3O2. The number of nitro groups is 1. The first-order valence-electron chi connectivity index (χ1n) is 6.86. The van der Waals surface area contributed by atoms with Crippen molar-refractivity contribution in [1.29, 1.82) is 0 Å². The molecule has 0 aromatic heterocycles. The number of hydrogen-bond acceptors (Lipinski definition) is 4. The van der Waals surface area contributed by atoms with Crippen LogP contribution in [0.15, 0.2) is 22.7 Å². The summed E-state index contributed by atoms with van der Waals surface area (Å²) in [6, 6.07) is 5.32. The van der Waals surface area contributed by atoms with Gasteiger partial charge in [0.15, 0.2) is 0 Å². The van der Waals surface area contributed by atoms with E-state index in [-0.39, 0.29) is 16.7 Å². The second kappa shape index (κ2) is 8.34. The lowest BCUT2D eigenvalue weighted by Gasteiger charge is -2.23. The molecule has 0 aliphatic rings. The molecule has 0 saturated carbocycles. The number of nitro benzene ring substituents is 1. The van der Waals surface area contributed by atoms with Crippen molar-refractivity contribution < 1.29 is 4.92 Å². The van der Waals surface area contributed by atoms with E-state index in [1.165, 1.54) is 6.07 Å². The molecule has 0 aliphatic heterocycles. The van der Waals surface area contributed by atoms with Crippen molar-refractivity contribution in [3.05, 3.63) is 38.3 Å². The van der Waals surface area contributed by atoms with Crippen LogP contribution < -0.4 is 5.32 Å². The van der Waals surface area contributed by atoms with E-state index < -0.39 is 0 Å². The van der Waals surface area contributed by atoms with Crippen LogP contribution in [0.5, 0.6) is 0 Å². The van der Waals surface area contributed by atoms with E-state index in [1.54, 1.807) is 12.1 Å². The Kier molecular flexibility index (Phi) is 7.12. The number of nitrogens with zero attached hydrogens (tertiary/aromatic N) is 2. The van der Waals surface area contributed by atoms with E-state index >= 15 is 0 Å². The zero-order valence-corrected chi connectivity index (χ0v) is 13.8. The largest absolute Gasteiger partial charge is 0.309 e. The lowest BCUT2D eigenvalue weighted by Crippen LogP contribution is -2.38. The Hall–Kier alpha value is -0.980. The van der Waals surface area contributed by atoms with E-state index in [0.717, 1.165) is 24.1 Å². The third-order valence-corrected chi connectivity index (χ3v) is 3.80. The average molecular weight is 344 g/mol. The summed E-state index contributed by atoms with van der Waals surface area (Å²) in [5.41, 5.74) is 0.867. The van der Waals surface area contributed by atoms with E-state index in [4.69, 9.17) is 0 Å². The molecule has 5 nitrogen and oxygen atoms in total.